The second-order valence-electron chi connectivity index (χ2n) is 5.59. The highest BCUT2D eigenvalue weighted by Gasteiger charge is 2.09. The third-order valence-electron chi connectivity index (χ3n) is 3.62. The van der Waals surface area contributed by atoms with Crippen LogP contribution in [0.2, 0.25) is 0 Å². The third kappa shape index (κ3) is 5.89. The SMILES string of the molecule is CCOc1cccc(C(=O)Nc2ccc(C(=O)NCCCOC)cc2)c1. The van der Waals surface area contributed by atoms with E-state index in [0.717, 1.165) is 6.42 Å². The van der Waals surface area contributed by atoms with E-state index in [1.807, 2.05) is 6.92 Å². The van der Waals surface area contributed by atoms with Gasteiger partial charge in [0.1, 0.15) is 5.75 Å². The number of amides is 2. The first-order valence-corrected chi connectivity index (χ1v) is 8.55. The lowest BCUT2D eigenvalue weighted by atomic mass is 10.1. The van der Waals surface area contributed by atoms with Crippen molar-refractivity contribution >= 4 is 17.5 Å². The minimum Gasteiger partial charge on any atom is -0.494 e. The number of methoxy groups -OCH3 is 1. The van der Waals surface area contributed by atoms with Gasteiger partial charge in [0.2, 0.25) is 0 Å². The van der Waals surface area contributed by atoms with Crippen LogP contribution in [0.3, 0.4) is 0 Å². The highest BCUT2D eigenvalue weighted by atomic mass is 16.5. The summed E-state index contributed by atoms with van der Waals surface area (Å²) in [5.41, 5.74) is 1.67. The van der Waals surface area contributed by atoms with Gasteiger partial charge in [-0.25, -0.2) is 0 Å². The quantitative estimate of drug-likeness (QED) is 0.677. The van der Waals surface area contributed by atoms with Gasteiger partial charge in [0.25, 0.3) is 11.8 Å². The Hall–Kier alpha value is -2.86. The van der Waals surface area contributed by atoms with Crippen molar-refractivity contribution in [3.05, 3.63) is 59.7 Å². The van der Waals surface area contributed by atoms with E-state index in [4.69, 9.17) is 9.47 Å². The molecule has 0 heterocycles. The average Bonchev–Trinajstić information content (AvgIpc) is 2.66. The Morgan fingerprint density at radius 1 is 1.00 bits per heavy atom. The van der Waals surface area contributed by atoms with Gasteiger partial charge >= 0.3 is 0 Å². The first-order chi connectivity index (χ1) is 12.6. The molecular weight excluding hydrogens is 332 g/mol. The molecule has 26 heavy (non-hydrogen) atoms. The van der Waals surface area contributed by atoms with Crippen LogP contribution in [0, 0.1) is 0 Å². The lowest BCUT2D eigenvalue weighted by Crippen LogP contribution is -2.25. The lowest BCUT2D eigenvalue weighted by molar-refractivity contribution is 0.0948. The summed E-state index contributed by atoms with van der Waals surface area (Å²) < 4.78 is 10.3. The Labute approximate surface area is 153 Å². The second-order valence-corrected chi connectivity index (χ2v) is 5.59. The van der Waals surface area contributed by atoms with Crippen molar-refractivity contribution in [3.63, 3.8) is 0 Å². The van der Waals surface area contributed by atoms with Gasteiger partial charge in [0.15, 0.2) is 0 Å². The molecule has 0 aromatic heterocycles. The van der Waals surface area contributed by atoms with Crippen molar-refractivity contribution in [3.8, 4) is 5.75 Å². The number of carbonyl (C=O) groups is 2. The number of nitrogens with one attached hydrogen (secondary N) is 2. The van der Waals surface area contributed by atoms with Crippen LogP contribution in [-0.4, -0.2) is 38.7 Å². The predicted molar refractivity (Wildman–Crippen MR) is 101 cm³/mol. The van der Waals surface area contributed by atoms with E-state index in [1.54, 1.807) is 55.6 Å². The molecule has 138 valence electrons. The smallest absolute Gasteiger partial charge is 0.255 e. The van der Waals surface area contributed by atoms with E-state index >= 15 is 0 Å². The maximum Gasteiger partial charge on any atom is 0.255 e. The van der Waals surface area contributed by atoms with Crippen molar-refractivity contribution < 1.29 is 19.1 Å². The first-order valence-electron chi connectivity index (χ1n) is 8.55. The Balaban J connectivity index is 1.93. The fraction of sp³-hybridized carbons (Fsp3) is 0.300. The normalized spacial score (nSPS) is 10.2. The van der Waals surface area contributed by atoms with Crippen LogP contribution in [0.5, 0.6) is 5.75 Å². The molecule has 0 unspecified atom stereocenters. The van der Waals surface area contributed by atoms with E-state index < -0.39 is 0 Å². The second kappa shape index (κ2) is 10.2. The minimum absolute atomic E-state index is 0.150. The number of ether oxygens (including phenoxy) is 2. The predicted octanol–water partition coefficient (Wildman–Crippen LogP) is 3.10. The topological polar surface area (TPSA) is 76.7 Å². The van der Waals surface area contributed by atoms with Gasteiger partial charge in [0.05, 0.1) is 6.61 Å². The van der Waals surface area contributed by atoms with E-state index in [-0.39, 0.29) is 11.8 Å². The van der Waals surface area contributed by atoms with Crippen molar-refractivity contribution in [2.24, 2.45) is 0 Å². The maximum absolute atomic E-state index is 12.3. The summed E-state index contributed by atoms with van der Waals surface area (Å²) in [5.74, 6) is 0.271. The summed E-state index contributed by atoms with van der Waals surface area (Å²) in [5, 5.41) is 5.63. The summed E-state index contributed by atoms with van der Waals surface area (Å²) >= 11 is 0. The van der Waals surface area contributed by atoms with E-state index in [9.17, 15) is 9.59 Å². The third-order valence-corrected chi connectivity index (χ3v) is 3.62. The maximum atomic E-state index is 12.3. The van der Waals surface area contributed by atoms with Gasteiger partial charge in [-0.2, -0.15) is 0 Å². The van der Waals surface area contributed by atoms with E-state index in [1.165, 1.54) is 0 Å². The van der Waals surface area contributed by atoms with E-state index in [2.05, 4.69) is 10.6 Å². The number of carbonyl (C=O) groups excluding carboxylic acids is 2. The van der Waals surface area contributed by atoms with Gasteiger partial charge in [-0.1, -0.05) is 6.07 Å². The Morgan fingerprint density at radius 2 is 1.77 bits per heavy atom. The molecule has 2 N–H and O–H groups in total. The number of benzene rings is 2. The molecule has 2 aromatic carbocycles. The number of hydrogen-bond donors (Lipinski definition) is 2. The summed E-state index contributed by atoms with van der Waals surface area (Å²) in [4.78, 5) is 24.3. The van der Waals surface area contributed by atoms with Gasteiger partial charge in [0, 0.05) is 37.1 Å². The highest BCUT2D eigenvalue weighted by molar-refractivity contribution is 6.04. The first kappa shape index (κ1) is 19.5. The van der Waals surface area contributed by atoms with Gasteiger partial charge < -0.3 is 20.1 Å². The zero-order chi connectivity index (χ0) is 18.8. The Bertz CT molecular complexity index is 729. The molecule has 0 saturated carbocycles. The van der Waals surface area contributed by atoms with Crippen molar-refractivity contribution in [1.29, 1.82) is 0 Å². The number of rotatable bonds is 9. The summed E-state index contributed by atoms with van der Waals surface area (Å²) in [6.07, 6.45) is 0.761. The van der Waals surface area contributed by atoms with Crippen molar-refractivity contribution in [2.75, 3.05) is 32.2 Å². The molecule has 2 aromatic rings. The van der Waals surface area contributed by atoms with Crippen LogP contribution < -0.4 is 15.4 Å². The van der Waals surface area contributed by atoms with Crippen molar-refractivity contribution in [2.45, 2.75) is 13.3 Å². The molecule has 2 rings (SSSR count). The fourth-order valence-corrected chi connectivity index (χ4v) is 2.32. The van der Waals surface area contributed by atoms with E-state index in [0.29, 0.717) is 42.3 Å². The molecule has 0 fully saturated rings. The molecule has 2 amide bonds. The van der Waals surface area contributed by atoms with Gasteiger partial charge in [-0.3, -0.25) is 9.59 Å². The molecule has 0 aliphatic heterocycles. The van der Waals surface area contributed by atoms with Crippen molar-refractivity contribution in [1.82, 2.24) is 5.32 Å². The van der Waals surface area contributed by atoms with Crippen LogP contribution in [-0.2, 0) is 4.74 Å². The number of anilines is 1. The molecule has 0 radical (unpaired) electrons. The molecule has 0 atom stereocenters. The van der Waals surface area contributed by atoms with Crippen LogP contribution in [0.15, 0.2) is 48.5 Å². The Kier molecular flexibility index (Phi) is 7.64. The molecule has 6 nitrogen and oxygen atoms in total. The number of hydrogen-bond acceptors (Lipinski definition) is 4. The molecular formula is C20H24N2O4. The van der Waals surface area contributed by atoms with Crippen LogP contribution in [0.25, 0.3) is 0 Å². The molecule has 6 heteroatoms. The molecule has 0 bridgehead atoms. The Morgan fingerprint density at radius 3 is 2.46 bits per heavy atom. The zero-order valence-electron chi connectivity index (χ0n) is 15.1. The zero-order valence-corrected chi connectivity index (χ0v) is 15.1. The average molecular weight is 356 g/mol. The standard InChI is InChI=1S/C20H24N2O4/c1-3-26-18-7-4-6-16(14-18)20(24)22-17-10-8-15(9-11-17)19(23)21-12-5-13-25-2/h4,6-11,14H,3,5,12-13H2,1-2H3,(H,21,23)(H,22,24). The fourth-order valence-electron chi connectivity index (χ4n) is 2.32. The highest BCUT2D eigenvalue weighted by Crippen LogP contribution is 2.16. The summed E-state index contributed by atoms with van der Waals surface area (Å²) in [6.45, 7) is 3.60. The summed E-state index contributed by atoms with van der Waals surface area (Å²) in [6, 6.07) is 13.8. The lowest BCUT2D eigenvalue weighted by Gasteiger charge is -2.09. The minimum atomic E-state index is -0.233. The van der Waals surface area contributed by atoms with Gasteiger partial charge in [-0.05, 0) is 55.8 Å². The van der Waals surface area contributed by atoms with Crippen LogP contribution >= 0.6 is 0 Å². The molecule has 0 aliphatic rings. The molecule has 0 aliphatic carbocycles. The molecule has 0 saturated heterocycles. The summed E-state index contributed by atoms with van der Waals surface area (Å²) in [7, 11) is 1.63. The van der Waals surface area contributed by atoms with Crippen LogP contribution in [0.4, 0.5) is 5.69 Å². The van der Waals surface area contributed by atoms with Gasteiger partial charge in [-0.15, -0.1) is 0 Å². The largest absolute Gasteiger partial charge is 0.494 e. The molecule has 0 spiro atoms. The van der Waals surface area contributed by atoms with Crippen LogP contribution in [0.1, 0.15) is 34.1 Å². The monoisotopic (exact) mass is 356 g/mol.